The van der Waals surface area contributed by atoms with Gasteiger partial charge < -0.3 is 11.1 Å². The Morgan fingerprint density at radius 1 is 1.47 bits per heavy atom. The molecule has 0 bridgehead atoms. The smallest absolute Gasteiger partial charge is 0.263 e. The molecule has 0 unspecified atom stereocenters. The van der Waals surface area contributed by atoms with Gasteiger partial charge >= 0.3 is 0 Å². The molecule has 0 saturated heterocycles. The summed E-state index contributed by atoms with van der Waals surface area (Å²) in [5.41, 5.74) is 6.28. The Labute approximate surface area is 106 Å². The molecule has 4 heteroatoms. The van der Waals surface area contributed by atoms with E-state index in [1.807, 2.05) is 5.38 Å². The lowest BCUT2D eigenvalue weighted by molar-refractivity contribution is 0.0957. The van der Waals surface area contributed by atoms with Crippen LogP contribution in [-0.2, 0) is 0 Å². The van der Waals surface area contributed by atoms with Gasteiger partial charge in [0, 0.05) is 6.54 Å². The standard InChI is InChI=1S/C13H20N2OS/c14-11-7-9-17-12(11)13(16)15-8-3-6-10-4-1-2-5-10/h7,9-10H,1-6,8,14H2,(H,15,16). The average Bonchev–Trinajstić information content (AvgIpc) is 2.95. The van der Waals surface area contributed by atoms with Gasteiger partial charge in [0.05, 0.1) is 5.69 Å². The molecule has 3 N–H and O–H groups in total. The van der Waals surface area contributed by atoms with Crippen LogP contribution in [0.5, 0.6) is 0 Å². The Morgan fingerprint density at radius 2 is 2.24 bits per heavy atom. The topological polar surface area (TPSA) is 55.1 Å². The highest BCUT2D eigenvalue weighted by Crippen LogP contribution is 2.28. The monoisotopic (exact) mass is 252 g/mol. The van der Waals surface area contributed by atoms with Crippen LogP contribution in [0.2, 0.25) is 0 Å². The fourth-order valence-corrected chi connectivity index (χ4v) is 3.21. The highest BCUT2D eigenvalue weighted by Gasteiger charge is 2.15. The number of thiophene rings is 1. The van der Waals surface area contributed by atoms with Crippen molar-refractivity contribution in [1.29, 1.82) is 0 Å². The second kappa shape index (κ2) is 6.05. The fraction of sp³-hybridized carbons (Fsp3) is 0.615. The summed E-state index contributed by atoms with van der Waals surface area (Å²) >= 11 is 1.40. The molecule has 0 radical (unpaired) electrons. The maximum absolute atomic E-state index is 11.7. The molecule has 0 aromatic carbocycles. The van der Waals surface area contributed by atoms with Crippen molar-refractivity contribution in [3.8, 4) is 0 Å². The number of nitrogen functional groups attached to an aromatic ring is 1. The third-order valence-corrected chi connectivity index (χ3v) is 4.38. The number of nitrogens with one attached hydrogen (secondary N) is 1. The minimum atomic E-state index is -0.0241. The number of anilines is 1. The Hall–Kier alpha value is -1.03. The van der Waals surface area contributed by atoms with Crippen LogP contribution >= 0.6 is 11.3 Å². The summed E-state index contributed by atoms with van der Waals surface area (Å²) in [6.45, 7) is 0.771. The first-order chi connectivity index (χ1) is 8.27. The molecule has 1 saturated carbocycles. The van der Waals surface area contributed by atoms with E-state index in [-0.39, 0.29) is 5.91 Å². The van der Waals surface area contributed by atoms with Gasteiger partial charge in [-0.15, -0.1) is 11.3 Å². The molecule has 94 valence electrons. The van der Waals surface area contributed by atoms with Crippen LogP contribution in [0.3, 0.4) is 0 Å². The molecule has 0 spiro atoms. The highest BCUT2D eigenvalue weighted by molar-refractivity contribution is 7.12. The zero-order valence-corrected chi connectivity index (χ0v) is 10.9. The number of hydrogen-bond donors (Lipinski definition) is 2. The van der Waals surface area contributed by atoms with E-state index in [0.29, 0.717) is 10.6 Å². The van der Waals surface area contributed by atoms with Crippen LogP contribution in [0.15, 0.2) is 11.4 Å². The summed E-state index contributed by atoms with van der Waals surface area (Å²) in [6, 6.07) is 1.78. The first-order valence-corrected chi connectivity index (χ1v) is 7.26. The van der Waals surface area contributed by atoms with Gasteiger partial charge in [-0.25, -0.2) is 0 Å². The third kappa shape index (κ3) is 3.46. The second-order valence-electron chi connectivity index (χ2n) is 4.75. The molecular weight excluding hydrogens is 232 g/mol. The lowest BCUT2D eigenvalue weighted by Gasteiger charge is -2.09. The van der Waals surface area contributed by atoms with E-state index >= 15 is 0 Å². The van der Waals surface area contributed by atoms with E-state index in [2.05, 4.69) is 5.32 Å². The van der Waals surface area contributed by atoms with Gasteiger partial charge in [-0.1, -0.05) is 25.7 Å². The average molecular weight is 252 g/mol. The van der Waals surface area contributed by atoms with E-state index in [1.165, 1.54) is 43.4 Å². The summed E-state index contributed by atoms with van der Waals surface area (Å²) in [7, 11) is 0. The number of carbonyl (C=O) groups excluding carboxylic acids is 1. The Bertz CT molecular complexity index is 369. The summed E-state index contributed by atoms with van der Waals surface area (Å²) in [5.74, 6) is 0.877. The maximum Gasteiger partial charge on any atom is 0.263 e. The van der Waals surface area contributed by atoms with Crippen LogP contribution in [0.4, 0.5) is 5.69 Å². The molecule has 2 rings (SSSR count). The van der Waals surface area contributed by atoms with Gasteiger partial charge in [0.2, 0.25) is 0 Å². The zero-order valence-electron chi connectivity index (χ0n) is 10.1. The Kier molecular flexibility index (Phi) is 4.42. The molecule has 1 aliphatic rings. The molecule has 3 nitrogen and oxygen atoms in total. The van der Waals surface area contributed by atoms with Crippen LogP contribution in [0, 0.1) is 5.92 Å². The minimum Gasteiger partial charge on any atom is -0.397 e. The van der Waals surface area contributed by atoms with Crippen molar-refractivity contribution in [1.82, 2.24) is 5.32 Å². The zero-order chi connectivity index (χ0) is 12.1. The molecule has 0 atom stereocenters. The van der Waals surface area contributed by atoms with Crippen molar-refractivity contribution in [2.24, 2.45) is 5.92 Å². The van der Waals surface area contributed by atoms with Crippen molar-refractivity contribution in [3.63, 3.8) is 0 Å². The molecule has 1 amide bonds. The largest absolute Gasteiger partial charge is 0.397 e. The van der Waals surface area contributed by atoms with E-state index < -0.39 is 0 Å². The lowest BCUT2D eigenvalue weighted by atomic mass is 10.0. The van der Waals surface area contributed by atoms with Gasteiger partial charge in [0.15, 0.2) is 0 Å². The van der Waals surface area contributed by atoms with Crippen molar-refractivity contribution in [3.05, 3.63) is 16.3 Å². The van der Waals surface area contributed by atoms with E-state index in [9.17, 15) is 4.79 Å². The summed E-state index contributed by atoms with van der Waals surface area (Å²) < 4.78 is 0. The molecule has 1 aliphatic carbocycles. The lowest BCUT2D eigenvalue weighted by Crippen LogP contribution is -2.24. The molecule has 0 aliphatic heterocycles. The molecular formula is C13H20N2OS. The summed E-state index contributed by atoms with van der Waals surface area (Å²) in [5, 5.41) is 4.79. The number of nitrogens with two attached hydrogens (primary N) is 1. The highest BCUT2D eigenvalue weighted by atomic mass is 32.1. The first-order valence-electron chi connectivity index (χ1n) is 6.38. The number of amides is 1. The van der Waals surface area contributed by atoms with E-state index in [0.717, 1.165) is 18.9 Å². The predicted molar refractivity (Wildman–Crippen MR) is 72.3 cm³/mol. The fourth-order valence-electron chi connectivity index (χ4n) is 2.48. The van der Waals surface area contributed by atoms with Crippen LogP contribution in [0.1, 0.15) is 48.2 Å². The van der Waals surface area contributed by atoms with Crippen LogP contribution in [-0.4, -0.2) is 12.5 Å². The molecule has 1 heterocycles. The number of hydrogen-bond acceptors (Lipinski definition) is 3. The maximum atomic E-state index is 11.7. The van der Waals surface area contributed by atoms with Gasteiger partial charge in [-0.05, 0) is 30.2 Å². The molecule has 17 heavy (non-hydrogen) atoms. The summed E-state index contributed by atoms with van der Waals surface area (Å²) in [4.78, 5) is 12.4. The first kappa shape index (κ1) is 12.4. The van der Waals surface area contributed by atoms with E-state index in [4.69, 9.17) is 5.73 Å². The van der Waals surface area contributed by atoms with Crippen molar-refractivity contribution >= 4 is 22.9 Å². The number of rotatable bonds is 5. The number of carbonyl (C=O) groups is 1. The van der Waals surface area contributed by atoms with Gasteiger partial charge in [0.1, 0.15) is 4.88 Å². The summed E-state index contributed by atoms with van der Waals surface area (Å²) in [6.07, 6.45) is 7.88. The Balaban J connectivity index is 1.65. The minimum absolute atomic E-state index is 0.0241. The molecule has 1 aromatic heterocycles. The van der Waals surface area contributed by atoms with Crippen molar-refractivity contribution in [2.45, 2.75) is 38.5 Å². The Morgan fingerprint density at radius 3 is 2.88 bits per heavy atom. The van der Waals surface area contributed by atoms with Crippen molar-refractivity contribution in [2.75, 3.05) is 12.3 Å². The van der Waals surface area contributed by atoms with E-state index in [1.54, 1.807) is 6.07 Å². The van der Waals surface area contributed by atoms with Gasteiger partial charge in [-0.2, -0.15) is 0 Å². The van der Waals surface area contributed by atoms with Crippen LogP contribution in [0.25, 0.3) is 0 Å². The van der Waals surface area contributed by atoms with Crippen LogP contribution < -0.4 is 11.1 Å². The molecule has 1 fully saturated rings. The quantitative estimate of drug-likeness (QED) is 0.791. The van der Waals surface area contributed by atoms with Crippen molar-refractivity contribution < 1.29 is 4.79 Å². The van der Waals surface area contributed by atoms with Gasteiger partial charge in [0.25, 0.3) is 5.91 Å². The van der Waals surface area contributed by atoms with Gasteiger partial charge in [-0.3, -0.25) is 4.79 Å². The normalized spacial score (nSPS) is 16.2. The third-order valence-electron chi connectivity index (χ3n) is 3.45. The predicted octanol–water partition coefficient (Wildman–Crippen LogP) is 3.03. The second-order valence-corrected chi connectivity index (χ2v) is 5.67. The SMILES string of the molecule is Nc1ccsc1C(=O)NCCCC1CCCC1. The molecule has 1 aromatic rings.